The lowest BCUT2D eigenvalue weighted by Crippen LogP contribution is -2.28. The van der Waals surface area contributed by atoms with Gasteiger partial charge in [0, 0.05) is 44.5 Å². The maximum atomic E-state index is 14.0. The van der Waals surface area contributed by atoms with Crippen molar-refractivity contribution >= 4 is 45.4 Å². The van der Waals surface area contributed by atoms with Crippen molar-refractivity contribution in [2.24, 2.45) is 21.7 Å². The Morgan fingerprint density at radius 1 is 0.270 bits per heavy atom. The van der Waals surface area contributed by atoms with E-state index in [2.05, 4.69) is 118 Å². The predicted octanol–water partition coefficient (Wildman–Crippen LogP) is 17.1. The zero-order valence-corrected chi connectivity index (χ0v) is 44.8. The Labute approximate surface area is 439 Å². The number of hydrogen-bond acceptors (Lipinski definition) is 4. The van der Waals surface area contributed by atoms with Crippen LogP contribution in [0.4, 0.5) is 0 Å². The van der Waals surface area contributed by atoms with Crippen LogP contribution in [0.1, 0.15) is 157 Å². The van der Waals surface area contributed by atoms with Crippen molar-refractivity contribution in [2.75, 3.05) is 0 Å². The van der Waals surface area contributed by atoms with Gasteiger partial charge in [-0.25, -0.2) is 0 Å². The van der Waals surface area contributed by atoms with Crippen molar-refractivity contribution < 1.29 is 19.2 Å². The molecule has 0 aromatic heterocycles. The molecule has 0 saturated carbocycles. The van der Waals surface area contributed by atoms with Crippen LogP contribution in [0.15, 0.2) is 204 Å². The van der Waals surface area contributed by atoms with Gasteiger partial charge in [-0.15, -0.1) is 0 Å². The van der Waals surface area contributed by atoms with E-state index in [0.717, 1.165) is 104 Å². The molecule has 0 atom stereocenters. The molecule has 0 radical (unpaired) electrons. The van der Waals surface area contributed by atoms with Crippen molar-refractivity contribution in [2.45, 2.75) is 94.9 Å². The average Bonchev–Trinajstić information content (AvgIpc) is 3.40. The number of benzene rings is 6. The first-order valence-corrected chi connectivity index (χ1v) is 26.3. The molecule has 0 unspecified atom stereocenters. The van der Waals surface area contributed by atoms with Gasteiger partial charge < -0.3 is 0 Å². The second-order valence-electron chi connectivity index (χ2n) is 23.0. The third-order valence-electron chi connectivity index (χ3n) is 16.2. The quantitative estimate of drug-likeness (QED) is 0.137. The van der Waals surface area contributed by atoms with E-state index in [0.29, 0.717) is 11.1 Å². The molecule has 0 N–H and O–H groups in total. The van der Waals surface area contributed by atoms with Crippen molar-refractivity contribution in [3.8, 4) is 0 Å². The number of carbonyl (C=O) groups is 4. The maximum Gasteiger partial charge on any atom is 0.190 e. The Hall–Kier alpha value is -7.56. The summed E-state index contributed by atoms with van der Waals surface area (Å²) in [5.41, 5.74) is 15.0. The van der Waals surface area contributed by atoms with E-state index in [1.807, 2.05) is 133 Å². The maximum absolute atomic E-state index is 14.0. The van der Waals surface area contributed by atoms with E-state index in [9.17, 15) is 19.2 Å². The van der Waals surface area contributed by atoms with E-state index in [1.54, 1.807) is 0 Å². The molecule has 4 heteroatoms. The lowest BCUT2D eigenvalue weighted by molar-refractivity contribution is 0.0995. The molecule has 4 nitrogen and oxygen atoms in total. The molecule has 0 spiro atoms. The molecule has 0 fully saturated rings. The Morgan fingerprint density at radius 3 is 0.703 bits per heavy atom. The van der Waals surface area contributed by atoms with Gasteiger partial charge in [0.1, 0.15) is 0 Å². The average molecular weight is 973 g/mol. The van der Waals surface area contributed by atoms with Gasteiger partial charge in [-0.05, 0) is 127 Å². The van der Waals surface area contributed by atoms with Crippen LogP contribution in [-0.2, 0) is 12.8 Å². The third-order valence-corrected chi connectivity index (χ3v) is 16.2. The summed E-state index contributed by atoms with van der Waals surface area (Å²) in [4.78, 5) is 55.0. The van der Waals surface area contributed by atoms with Crippen LogP contribution in [0.3, 0.4) is 0 Å². The van der Waals surface area contributed by atoms with Gasteiger partial charge in [0.05, 0.1) is 0 Å². The number of ketones is 4. The lowest BCUT2D eigenvalue weighted by atomic mass is 9.68. The smallest absolute Gasteiger partial charge is 0.190 e. The van der Waals surface area contributed by atoms with Crippen LogP contribution in [0.5, 0.6) is 0 Å². The predicted molar refractivity (Wildman–Crippen MR) is 305 cm³/mol. The van der Waals surface area contributed by atoms with Crippen LogP contribution in [0.2, 0.25) is 0 Å². The molecular formula is C70H68O4. The summed E-state index contributed by atoms with van der Waals surface area (Å²) >= 11 is 0. The normalized spacial score (nSPS) is 17.6. The first-order chi connectivity index (χ1) is 35.3. The first kappa shape index (κ1) is 51.3. The summed E-state index contributed by atoms with van der Waals surface area (Å²) in [6.07, 6.45) is 11.6. The highest BCUT2D eigenvalue weighted by molar-refractivity contribution is 6.25. The van der Waals surface area contributed by atoms with E-state index >= 15 is 0 Å². The topological polar surface area (TPSA) is 68.3 Å². The summed E-state index contributed by atoms with van der Waals surface area (Å²) in [6.45, 7) is 21.4. The molecule has 372 valence electrons. The molecule has 4 aliphatic carbocycles. The Balaban J connectivity index is 0.000000189. The number of Topliss-reactive ketones (excluding diaryl/α,β-unsaturated/α-hetero) is 4. The minimum absolute atomic E-state index is 0.0738. The summed E-state index contributed by atoms with van der Waals surface area (Å²) in [5, 5.41) is 0. The number of fused-ring (bicyclic) bond motifs is 4. The molecule has 6 aromatic rings. The van der Waals surface area contributed by atoms with Crippen LogP contribution in [0, 0.1) is 21.7 Å². The lowest BCUT2D eigenvalue weighted by Gasteiger charge is -2.34. The van der Waals surface area contributed by atoms with E-state index < -0.39 is 10.8 Å². The molecule has 0 bridgehead atoms. The minimum atomic E-state index is -0.402. The van der Waals surface area contributed by atoms with Crippen molar-refractivity contribution in [3.63, 3.8) is 0 Å². The second-order valence-corrected chi connectivity index (χ2v) is 23.0. The molecule has 10 rings (SSSR count). The van der Waals surface area contributed by atoms with E-state index in [-0.39, 0.29) is 34.0 Å². The molecule has 0 saturated heterocycles. The largest absolute Gasteiger partial charge is 0.289 e. The summed E-state index contributed by atoms with van der Waals surface area (Å²) in [7, 11) is 0. The molecule has 74 heavy (non-hydrogen) atoms. The van der Waals surface area contributed by atoms with Gasteiger partial charge in [0.25, 0.3) is 0 Å². The summed E-state index contributed by atoms with van der Waals surface area (Å²) < 4.78 is 0. The summed E-state index contributed by atoms with van der Waals surface area (Å²) in [5.74, 6) is 0.361. The zero-order valence-electron chi connectivity index (χ0n) is 44.8. The molecule has 0 amide bonds. The van der Waals surface area contributed by atoms with Crippen molar-refractivity contribution in [1.82, 2.24) is 0 Å². The number of allylic oxidation sites excluding steroid dienone is 12. The number of carbonyl (C=O) groups excluding carboxylic acids is 4. The summed E-state index contributed by atoms with van der Waals surface area (Å²) in [6, 6.07) is 52.3. The van der Waals surface area contributed by atoms with E-state index in [4.69, 9.17) is 0 Å². The zero-order chi connectivity index (χ0) is 52.7. The van der Waals surface area contributed by atoms with E-state index in [1.165, 1.54) is 11.1 Å². The number of rotatable bonds is 10. The Bertz CT molecular complexity index is 3220. The van der Waals surface area contributed by atoms with Gasteiger partial charge in [-0.3, -0.25) is 19.2 Å². The monoisotopic (exact) mass is 973 g/mol. The fraction of sp³-hybridized carbons (Fsp3) is 0.257. The standard InChI is InChI=1S/C40H36O2.C30H32O2/c1-39(2,25-27-15-7-5-8-16-27)35-23-33(29-19-11-13-21-31(29)37(35)41)34-24-36(38(42)32-22-14-12-20-30(32)34)40(3,4)26-28-17-9-6-10-18-28;1-7-29(3,4)25-17-23(19-13-9-11-15-21(19)27(25)31)24-18-26(30(5,6)8-2)28(32)22-16-12-10-14-20(22)24/h5-24H,25-26H2,1-4H3;9-18H,7-8H2,1-6H3/b34-33+;24-23+. The van der Waals surface area contributed by atoms with Gasteiger partial charge in [0.2, 0.25) is 0 Å². The van der Waals surface area contributed by atoms with Gasteiger partial charge in [-0.1, -0.05) is 227 Å². The fourth-order valence-electron chi connectivity index (χ4n) is 11.1. The molecule has 4 aliphatic rings. The highest BCUT2D eigenvalue weighted by Gasteiger charge is 2.40. The Morgan fingerprint density at radius 2 is 0.473 bits per heavy atom. The Kier molecular flexibility index (Phi) is 13.9. The molecule has 6 aromatic carbocycles. The van der Waals surface area contributed by atoms with Crippen molar-refractivity contribution in [3.05, 3.63) is 260 Å². The fourth-order valence-corrected chi connectivity index (χ4v) is 11.1. The van der Waals surface area contributed by atoms with Gasteiger partial charge >= 0.3 is 0 Å². The third kappa shape index (κ3) is 9.59. The molecule has 0 aliphatic heterocycles. The molecular weight excluding hydrogens is 905 g/mol. The van der Waals surface area contributed by atoms with Crippen LogP contribution < -0.4 is 0 Å². The first-order valence-electron chi connectivity index (χ1n) is 26.3. The highest BCUT2D eigenvalue weighted by Crippen LogP contribution is 2.49. The number of hydrogen-bond donors (Lipinski definition) is 0. The second kappa shape index (κ2) is 20.0. The highest BCUT2D eigenvalue weighted by atomic mass is 16.1. The SMILES string of the molecule is CC(C)(Cc1ccccc1)C1=C/C(=C2/C=C(C(C)(C)Cc3ccccc3)C(=O)c3ccccc32)c2ccccc2C1=O.CCC(C)(C)C1=C/C(=C2/C=C(C(C)(C)CC)C(=O)c3ccccc32)c2ccccc2C1=O. The van der Waals surface area contributed by atoms with Crippen LogP contribution in [0.25, 0.3) is 22.3 Å². The minimum Gasteiger partial charge on any atom is -0.289 e. The van der Waals surface area contributed by atoms with Gasteiger partial charge in [0.15, 0.2) is 23.1 Å². The molecule has 0 heterocycles. The van der Waals surface area contributed by atoms with Crippen LogP contribution >= 0.6 is 0 Å². The van der Waals surface area contributed by atoms with Gasteiger partial charge in [-0.2, -0.15) is 0 Å². The van der Waals surface area contributed by atoms with Crippen LogP contribution in [-0.4, -0.2) is 23.1 Å². The van der Waals surface area contributed by atoms with Crippen molar-refractivity contribution in [1.29, 1.82) is 0 Å².